The molecule has 3 unspecified atom stereocenters. The molecular weight excluding hydrogens is 142 g/mol. The Kier molecular flexibility index (Phi) is 1.59. The molecule has 2 fully saturated rings. The molecule has 0 aromatic heterocycles. The highest BCUT2D eigenvalue weighted by Crippen LogP contribution is 2.50. The lowest BCUT2D eigenvalue weighted by molar-refractivity contribution is -0.494. The average molecular weight is 155 g/mol. The van der Waals surface area contributed by atoms with Gasteiger partial charge in [0, 0.05) is 10.8 Å². The summed E-state index contributed by atoms with van der Waals surface area (Å²) in [7, 11) is 0. The van der Waals surface area contributed by atoms with Crippen LogP contribution >= 0.6 is 0 Å². The third-order valence-electron chi connectivity index (χ3n) is 3.31. The third kappa shape index (κ3) is 1.12. The molecule has 62 valence electrons. The van der Waals surface area contributed by atoms with Gasteiger partial charge in [-0.3, -0.25) is 10.1 Å². The fraction of sp³-hybridized carbons (Fsp3) is 1.00. The lowest BCUT2D eigenvalue weighted by Gasteiger charge is -2.37. The van der Waals surface area contributed by atoms with Crippen LogP contribution in [0.3, 0.4) is 0 Å². The summed E-state index contributed by atoms with van der Waals surface area (Å²) in [4.78, 5) is 10.0. The van der Waals surface area contributed by atoms with Crippen molar-refractivity contribution in [2.75, 3.05) is 6.54 Å². The van der Waals surface area contributed by atoms with E-state index in [1.165, 1.54) is 19.3 Å². The van der Waals surface area contributed by atoms with Crippen LogP contribution in [0.5, 0.6) is 0 Å². The summed E-state index contributed by atoms with van der Waals surface area (Å²) in [5.74, 6) is 2.01. The van der Waals surface area contributed by atoms with Gasteiger partial charge < -0.3 is 0 Å². The minimum absolute atomic E-state index is 0.154. The van der Waals surface area contributed by atoms with E-state index < -0.39 is 0 Å². The highest BCUT2D eigenvalue weighted by molar-refractivity contribution is 4.92. The number of nitro groups is 1. The van der Waals surface area contributed by atoms with Crippen molar-refractivity contribution in [1.82, 2.24) is 0 Å². The number of rotatable bonds is 2. The molecule has 0 bridgehead atoms. The molecule has 0 aliphatic heterocycles. The second-order valence-corrected chi connectivity index (χ2v) is 3.87. The van der Waals surface area contributed by atoms with Gasteiger partial charge in [-0.25, -0.2) is 0 Å². The lowest BCUT2D eigenvalue weighted by atomic mass is 9.67. The first-order valence-corrected chi connectivity index (χ1v) is 4.39. The van der Waals surface area contributed by atoms with Gasteiger partial charge in [-0.1, -0.05) is 12.8 Å². The molecular formula is C8H13NO2. The standard InChI is InChI=1S/C8H13NO2/c10-9(11)5-7-4-6-2-1-3-8(6)7/h6-8H,1-5H2. The summed E-state index contributed by atoms with van der Waals surface area (Å²) >= 11 is 0. The quantitative estimate of drug-likeness (QED) is 0.450. The molecule has 0 N–H and O–H groups in total. The monoisotopic (exact) mass is 155 g/mol. The molecule has 0 radical (unpaired) electrons. The van der Waals surface area contributed by atoms with E-state index >= 15 is 0 Å². The first kappa shape index (κ1) is 7.07. The van der Waals surface area contributed by atoms with Crippen molar-refractivity contribution in [2.45, 2.75) is 25.7 Å². The topological polar surface area (TPSA) is 43.1 Å². The molecule has 2 saturated carbocycles. The van der Waals surface area contributed by atoms with Gasteiger partial charge in [0.25, 0.3) is 0 Å². The Hall–Kier alpha value is -0.600. The van der Waals surface area contributed by atoms with Crippen LogP contribution in [-0.4, -0.2) is 11.5 Å². The van der Waals surface area contributed by atoms with E-state index in [-0.39, 0.29) is 11.5 Å². The normalized spacial score (nSPS) is 41.3. The van der Waals surface area contributed by atoms with Gasteiger partial charge in [-0.05, 0) is 24.7 Å². The number of fused-ring (bicyclic) bond motifs is 1. The summed E-state index contributed by atoms with van der Waals surface area (Å²) in [6.45, 7) is 0.223. The van der Waals surface area contributed by atoms with Crippen LogP contribution in [0.25, 0.3) is 0 Å². The molecule has 11 heavy (non-hydrogen) atoms. The van der Waals surface area contributed by atoms with Crippen molar-refractivity contribution in [3.8, 4) is 0 Å². The van der Waals surface area contributed by atoms with Gasteiger partial charge in [-0.2, -0.15) is 0 Å². The summed E-state index contributed by atoms with van der Waals surface area (Å²) < 4.78 is 0. The van der Waals surface area contributed by atoms with Crippen LogP contribution in [0.4, 0.5) is 0 Å². The fourth-order valence-electron chi connectivity index (χ4n) is 2.75. The second-order valence-electron chi connectivity index (χ2n) is 3.87. The molecule has 2 aliphatic carbocycles. The Balaban J connectivity index is 1.85. The van der Waals surface area contributed by atoms with Gasteiger partial charge in [0.15, 0.2) is 0 Å². The van der Waals surface area contributed by atoms with Gasteiger partial charge >= 0.3 is 0 Å². The van der Waals surface area contributed by atoms with E-state index in [1.54, 1.807) is 0 Å². The molecule has 3 atom stereocenters. The van der Waals surface area contributed by atoms with Gasteiger partial charge in [0.05, 0.1) is 0 Å². The zero-order chi connectivity index (χ0) is 7.84. The van der Waals surface area contributed by atoms with Crippen molar-refractivity contribution < 1.29 is 4.92 Å². The lowest BCUT2D eigenvalue weighted by Crippen LogP contribution is -2.37. The fourth-order valence-corrected chi connectivity index (χ4v) is 2.75. The maximum Gasteiger partial charge on any atom is 0.206 e. The third-order valence-corrected chi connectivity index (χ3v) is 3.31. The molecule has 0 aromatic rings. The SMILES string of the molecule is O=[N+]([O-])CC1CC2CCCC21. The Morgan fingerprint density at radius 1 is 1.45 bits per heavy atom. The maximum atomic E-state index is 10.2. The van der Waals surface area contributed by atoms with Gasteiger partial charge in [0.2, 0.25) is 6.54 Å². The second kappa shape index (κ2) is 2.47. The first-order chi connectivity index (χ1) is 5.27. The predicted octanol–water partition coefficient (Wildman–Crippen LogP) is 1.70. The van der Waals surface area contributed by atoms with Gasteiger partial charge in [0.1, 0.15) is 0 Å². The zero-order valence-corrected chi connectivity index (χ0v) is 6.53. The highest BCUT2D eigenvalue weighted by Gasteiger charge is 2.45. The summed E-state index contributed by atoms with van der Waals surface area (Å²) in [5.41, 5.74) is 0. The minimum Gasteiger partial charge on any atom is -0.265 e. The Morgan fingerprint density at radius 3 is 2.91 bits per heavy atom. The molecule has 0 aromatic carbocycles. The zero-order valence-electron chi connectivity index (χ0n) is 6.53. The van der Waals surface area contributed by atoms with E-state index in [2.05, 4.69) is 0 Å². The van der Waals surface area contributed by atoms with Crippen molar-refractivity contribution in [1.29, 1.82) is 0 Å². The van der Waals surface area contributed by atoms with Crippen LogP contribution in [0.15, 0.2) is 0 Å². The minimum atomic E-state index is -0.154. The molecule has 3 nitrogen and oxygen atoms in total. The van der Waals surface area contributed by atoms with Crippen molar-refractivity contribution in [3.63, 3.8) is 0 Å². The summed E-state index contributed by atoms with van der Waals surface area (Å²) in [6.07, 6.45) is 5.03. The number of hydrogen-bond acceptors (Lipinski definition) is 2. The van der Waals surface area contributed by atoms with E-state index in [1.807, 2.05) is 0 Å². The van der Waals surface area contributed by atoms with E-state index in [4.69, 9.17) is 0 Å². The van der Waals surface area contributed by atoms with Crippen molar-refractivity contribution in [2.24, 2.45) is 17.8 Å². The smallest absolute Gasteiger partial charge is 0.206 e. The maximum absolute atomic E-state index is 10.2. The van der Waals surface area contributed by atoms with Crippen molar-refractivity contribution >= 4 is 0 Å². The Bertz CT molecular complexity index is 181. The van der Waals surface area contributed by atoms with Crippen LogP contribution in [-0.2, 0) is 0 Å². The molecule has 0 heterocycles. The molecule has 0 saturated heterocycles. The molecule has 2 aliphatic rings. The first-order valence-electron chi connectivity index (χ1n) is 4.39. The Morgan fingerprint density at radius 2 is 2.27 bits per heavy atom. The van der Waals surface area contributed by atoms with E-state index in [0.717, 1.165) is 18.3 Å². The Labute approximate surface area is 65.9 Å². The van der Waals surface area contributed by atoms with E-state index in [0.29, 0.717) is 5.92 Å². The molecule has 0 amide bonds. The molecule has 2 rings (SSSR count). The van der Waals surface area contributed by atoms with Crippen LogP contribution in [0.1, 0.15) is 25.7 Å². The van der Waals surface area contributed by atoms with E-state index in [9.17, 15) is 10.1 Å². The predicted molar refractivity (Wildman–Crippen MR) is 40.8 cm³/mol. The number of nitrogens with zero attached hydrogens (tertiary/aromatic N) is 1. The van der Waals surface area contributed by atoms with Crippen LogP contribution in [0.2, 0.25) is 0 Å². The van der Waals surface area contributed by atoms with Crippen LogP contribution in [0, 0.1) is 27.9 Å². The van der Waals surface area contributed by atoms with Crippen molar-refractivity contribution in [3.05, 3.63) is 10.1 Å². The molecule has 3 heteroatoms. The molecule has 0 spiro atoms. The summed E-state index contributed by atoms with van der Waals surface area (Å²) in [6, 6.07) is 0. The summed E-state index contributed by atoms with van der Waals surface area (Å²) in [5, 5.41) is 10.2. The number of hydrogen-bond donors (Lipinski definition) is 0. The largest absolute Gasteiger partial charge is 0.265 e. The highest BCUT2D eigenvalue weighted by atomic mass is 16.6. The van der Waals surface area contributed by atoms with Gasteiger partial charge in [-0.15, -0.1) is 0 Å². The van der Waals surface area contributed by atoms with Crippen LogP contribution < -0.4 is 0 Å². The average Bonchev–Trinajstić information content (AvgIpc) is 2.26.